The number of anilines is 1. The van der Waals surface area contributed by atoms with Crippen LogP contribution >= 0.6 is 11.8 Å². The molecular weight excluding hydrogens is 305 g/mol. The van der Waals surface area contributed by atoms with E-state index in [1.807, 2.05) is 6.07 Å². The number of halogens is 1. The first-order valence-electron chi connectivity index (χ1n) is 6.72. The van der Waals surface area contributed by atoms with Crippen LogP contribution in [0.4, 0.5) is 10.1 Å². The molecule has 22 heavy (non-hydrogen) atoms. The van der Waals surface area contributed by atoms with Gasteiger partial charge in [0.25, 0.3) is 0 Å². The predicted octanol–water partition coefficient (Wildman–Crippen LogP) is 3.43. The number of thioether (sulfide) groups is 1. The number of fused-ring (bicyclic) bond motifs is 1. The molecule has 114 valence electrons. The molecule has 1 aliphatic rings. The van der Waals surface area contributed by atoms with Crippen LogP contribution in [0.5, 0.6) is 11.5 Å². The second-order valence-electron chi connectivity index (χ2n) is 4.74. The number of rotatable bonds is 5. The van der Waals surface area contributed by atoms with Crippen molar-refractivity contribution in [2.45, 2.75) is 5.75 Å². The van der Waals surface area contributed by atoms with Gasteiger partial charge in [-0.15, -0.1) is 11.8 Å². The molecule has 0 aliphatic carbocycles. The molecule has 6 heteroatoms. The molecule has 0 bridgehead atoms. The van der Waals surface area contributed by atoms with Crippen molar-refractivity contribution in [2.75, 3.05) is 17.9 Å². The van der Waals surface area contributed by atoms with Crippen molar-refractivity contribution in [3.63, 3.8) is 0 Å². The third kappa shape index (κ3) is 3.71. The van der Waals surface area contributed by atoms with Gasteiger partial charge in [-0.2, -0.15) is 0 Å². The van der Waals surface area contributed by atoms with Crippen molar-refractivity contribution in [2.24, 2.45) is 0 Å². The summed E-state index contributed by atoms with van der Waals surface area (Å²) in [5.74, 6) is 1.82. The Morgan fingerprint density at radius 3 is 2.91 bits per heavy atom. The summed E-state index contributed by atoms with van der Waals surface area (Å²) in [6.07, 6.45) is 0. The van der Waals surface area contributed by atoms with Crippen molar-refractivity contribution < 1.29 is 18.7 Å². The quantitative estimate of drug-likeness (QED) is 0.917. The fourth-order valence-corrected chi connectivity index (χ4v) is 2.83. The molecule has 1 aliphatic heterocycles. The minimum absolute atomic E-state index is 0.111. The fraction of sp³-hybridized carbons (Fsp3) is 0.188. The van der Waals surface area contributed by atoms with Crippen molar-refractivity contribution in [3.8, 4) is 11.5 Å². The summed E-state index contributed by atoms with van der Waals surface area (Å²) >= 11 is 1.43. The van der Waals surface area contributed by atoms with Gasteiger partial charge >= 0.3 is 0 Å². The molecule has 0 saturated heterocycles. The van der Waals surface area contributed by atoms with Crippen LogP contribution < -0.4 is 14.8 Å². The lowest BCUT2D eigenvalue weighted by molar-refractivity contribution is -0.113. The molecule has 0 atom stereocenters. The van der Waals surface area contributed by atoms with Gasteiger partial charge in [-0.3, -0.25) is 4.79 Å². The van der Waals surface area contributed by atoms with E-state index >= 15 is 0 Å². The van der Waals surface area contributed by atoms with Crippen LogP contribution in [0.25, 0.3) is 0 Å². The minimum Gasteiger partial charge on any atom is -0.454 e. The topological polar surface area (TPSA) is 47.6 Å². The van der Waals surface area contributed by atoms with E-state index < -0.39 is 0 Å². The monoisotopic (exact) mass is 319 g/mol. The standard InChI is InChI=1S/C16H14FNO3S/c17-12-3-1-2-11(6-12)8-22-9-16(19)18-13-4-5-14-15(7-13)21-10-20-14/h1-7H,8-10H2,(H,18,19). The van der Waals surface area contributed by atoms with E-state index in [1.165, 1.54) is 23.9 Å². The first-order chi connectivity index (χ1) is 10.7. The van der Waals surface area contributed by atoms with Crippen LogP contribution in [0.2, 0.25) is 0 Å². The lowest BCUT2D eigenvalue weighted by atomic mass is 10.2. The second kappa shape index (κ2) is 6.70. The zero-order valence-electron chi connectivity index (χ0n) is 11.7. The van der Waals surface area contributed by atoms with Gasteiger partial charge in [-0.05, 0) is 29.8 Å². The van der Waals surface area contributed by atoms with E-state index in [0.717, 1.165) is 5.56 Å². The molecule has 0 radical (unpaired) electrons. The Kier molecular flexibility index (Phi) is 4.48. The van der Waals surface area contributed by atoms with Crippen LogP contribution in [0.1, 0.15) is 5.56 Å². The average molecular weight is 319 g/mol. The fourth-order valence-electron chi connectivity index (χ4n) is 2.06. The summed E-state index contributed by atoms with van der Waals surface area (Å²) in [5, 5.41) is 2.80. The van der Waals surface area contributed by atoms with Crippen molar-refractivity contribution in [3.05, 3.63) is 53.8 Å². The number of ether oxygens (including phenoxy) is 2. The Labute approximate surface area is 131 Å². The summed E-state index contributed by atoms with van der Waals surface area (Å²) < 4.78 is 23.5. The van der Waals surface area contributed by atoms with Crippen molar-refractivity contribution >= 4 is 23.4 Å². The van der Waals surface area contributed by atoms with Gasteiger partial charge in [-0.1, -0.05) is 12.1 Å². The minimum atomic E-state index is -0.261. The highest BCUT2D eigenvalue weighted by Gasteiger charge is 2.14. The SMILES string of the molecule is O=C(CSCc1cccc(F)c1)Nc1ccc2c(c1)OCO2. The lowest BCUT2D eigenvalue weighted by Gasteiger charge is -2.06. The van der Waals surface area contributed by atoms with Crippen LogP contribution in [-0.2, 0) is 10.5 Å². The molecule has 0 fully saturated rings. The molecule has 1 N–H and O–H groups in total. The lowest BCUT2D eigenvalue weighted by Crippen LogP contribution is -2.14. The van der Waals surface area contributed by atoms with Gasteiger partial charge in [0.1, 0.15) is 5.82 Å². The number of carbonyl (C=O) groups excluding carboxylic acids is 1. The first-order valence-corrected chi connectivity index (χ1v) is 7.88. The maximum absolute atomic E-state index is 13.0. The van der Waals surface area contributed by atoms with Crippen LogP contribution in [0.15, 0.2) is 42.5 Å². The molecule has 1 amide bonds. The normalized spacial score (nSPS) is 12.2. The Morgan fingerprint density at radius 2 is 2.05 bits per heavy atom. The molecule has 0 unspecified atom stereocenters. The van der Waals surface area contributed by atoms with E-state index in [-0.39, 0.29) is 18.5 Å². The summed E-state index contributed by atoms with van der Waals surface area (Å²) in [5.41, 5.74) is 1.53. The highest BCUT2D eigenvalue weighted by molar-refractivity contribution is 7.99. The number of amides is 1. The molecule has 4 nitrogen and oxygen atoms in total. The molecule has 2 aromatic rings. The Morgan fingerprint density at radius 1 is 1.18 bits per heavy atom. The largest absolute Gasteiger partial charge is 0.454 e. The Balaban J connectivity index is 1.48. The van der Waals surface area contributed by atoms with E-state index in [2.05, 4.69) is 5.32 Å². The average Bonchev–Trinajstić information content (AvgIpc) is 2.95. The third-order valence-electron chi connectivity index (χ3n) is 3.05. The number of benzene rings is 2. The predicted molar refractivity (Wildman–Crippen MR) is 83.8 cm³/mol. The van der Waals surface area contributed by atoms with E-state index in [4.69, 9.17) is 9.47 Å². The number of carbonyl (C=O) groups is 1. The van der Waals surface area contributed by atoms with Crippen LogP contribution in [-0.4, -0.2) is 18.5 Å². The molecule has 1 heterocycles. The molecule has 0 spiro atoms. The number of hydrogen-bond donors (Lipinski definition) is 1. The van der Waals surface area contributed by atoms with E-state index in [1.54, 1.807) is 24.3 Å². The molecule has 0 saturated carbocycles. The van der Waals surface area contributed by atoms with Crippen molar-refractivity contribution in [1.82, 2.24) is 0 Å². The zero-order chi connectivity index (χ0) is 15.4. The highest BCUT2D eigenvalue weighted by atomic mass is 32.2. The summed E-state index contributed by atoms with van der Waals surface area (Å²) in [6.45, 7) is 0.205. The smallest absolute Gasteiger partial charge is 0.234 e. The van der Waals surface area contributed by atoms with Crippen LogP contribution in [0.3, 0.4) is 0 Å². The Bertz CT molecular complexity index is 693. The summed E-state index contributed by atoms with van der Waals surface area (Å²) in [4.78, 5) is 11.9. The highest BCUT2D eigenvalue weighted by Crippen LogP contribution is 2.34. The zero-order valence-corrected chi connectivity index (χ0v) is 12.5. The van der Waals surface area contributed by atoms with Gasteiger partial charge in [0, 0.05) is 17.5 Å². The van der Waals surface area contributed by atoms with Crippen LogP contribution in [0, 0.1) is 5.82 Å². The summed E-state index contributed by atoms with van der Waals surface area (Å²) in [7, 11) is 0. The molecule has 0 aromatic heterocycles. The Hall–Kier alpha value is -2.21. The third-order valence-corrected chi connectivity index (χ3v) is 4.05. The van der Waals surface area contributed by atoms with Gasteiger partial charge < -0.3 is 14.8 Å². The van der Waals surface area contributed by atoms with Gasteiger partial charge in [-0.25, -0.2) is 4.39 Å². The van der Waals surface area contributed by atoms with Gasteiger partial charge in [0.2, 0.25) is 12.7 Å². The van der Waals surface area contributed by atoms with Gasteiger partial charge in [0.05, 0.1) is 5.75 Å². The molecule has 3 rings (SSSR count). The van der Waals surface area contributed by atoms with E-state index in [0.29, 0.717) is 28.7 Å². The second-order valence-corrected chi connectivity index (χ2v) is 5.72. The molecule has 2 aromatic carbocycles. The molecular formula is C16H14FNO3S. The van der Waals surface area contributed by atoms with Gasteiger partial charge in [0.15, 0.2) is 11.5 Å². The van der Waals surface area contributed by atoms with Crippen molar-refractivity contribution in [1.29, 1.82) is 0 Å². The maximum Gasteiger partial charge on any atom is 0.234 e. The van der Waals surface area contributed by atoms with E-state index in [9.17, 15) is 9.18 Å². The number of hydrogen-bond acceptors (Lipinski definition) is 4. The number of nitrogens with one attached hydrogen (secondary N) is 1. The first kappa shape index (κ1) is 14.7. The summed E-state index contributed by atoms with van der Waals surface area (Å²) in [6, 6.07) is 11.6. The maximum atomic E-state index is 13.0.